The lowest BCUT2D eigenvalue weighted by atomic mass is 10.3. The molecule has 1 heterocycles. The van der Waals surface area contributed by atoms with Gasteiger partial charge in [0.25, 0.3) is 0 Å². The fourth-order valence-electron chi connectivity index (χ4n) is 1.05. The van der Waals surface area contributed by atoms with Crippen LogP contribution in [0.3, 0.4) is 0 Å². The number of carbonyl (C=O) groups excluding carboxylic acids is 1. The van der Waals surface area contributed by atoms with Crippen molar-refractivity contribution < 1.29 is 14.7 Å². The van der Waals surface area contributed by atoms with Crippen molar-refractivity contribution in [2.75, 3.05) is 11.9 Å². The maximum Gasteiger partial charge on any atom is 0.337 e. The monoisotopic (exact) mass is 233 g/mol. The minimum atomic E-state index is -1.10. The first-order chi connectivity index (χ1) is 8.13. The van der Waals surface area contributed by atoms with Crippen molar-refractivity contribution in [2.24, 2.45) is 0 Å². The van der Waals surface area contributed by atoms with Crippen molar-refractivity contribution in [3.05, 3.63) is 24.0 Å². The second-order valence-electron chi connectivity index (χ2n) is 3.10. The molecule has 2 amide bonds. The molecular weight excluding hydrogens is 222 g/mol. The van der Waals surface area contributed by atoms with Gasteiger partial charge >= 0.3 is 12.0 Å². The van der Waals surface area contributed by atoms with Crippen molar-refractivity contribution in [2.45, 2.75) is 6.42 Å². The average molecular weight is 233 g/mol. The predicted molar refractivity (Wildman–Crippen MR) is 61.7 cm³/mol. The zero-order chi connectivity index (χ0) is 12.7. The molecule has 6 nitrogen and oxygen atoms in total. The molecule has 1 rings (SSSR count). The number of hydrogen-bond donors (Lipinski definition) is 3. The standard InChI is InChI=1S/C11H11N3O3/c1-2-3-4-13-11(17)14-9-5-8(10(15)16)6-12-7-9/h1,5-7H,3-4H2,(H,15,16)(H2,13,14,17). The minimum absolute atomic E-state index is 0.00595. The Morgan fingerprint density at radius 1 is 1.47 bits per heavy atom. The van der Waals surface area contributed by atoms with Crippen LogP contribution < -0.4 is 10.6 Å². The van der Waals surface area contributed by atoms with Gasteiger partial charge in [-0.3, -0.25) is 4.98 Å². The number of aromatic carboxylic acids is 1. The number of amides is 2. The number of hydrogen-bond acceptors (Lipinski definition) is 3. The third-order valence-electron chi connectivity index (χ3n) is 1.80. The molecule has 88 valence electrons. The fourth-order valence-corrected chi connectivity index (χ4v) is 1.05. The molecule has 0 unspecified atom stereocenters. The molecule has 1 aromatic rings. The van der Waals surface area contributed by atoms with Crippen LogP contribution in [0.4, 0.5) is 10.5 Å². The van der Waals surface area contributed by atoms with Crippen LogP contribution in [0.15, 0.2) is 18.5 Å². The van der Waals surface area contributed by atoms with Gasteiger partial charge in [-0.2, -0.15) is 0 Å². The predicted octanol–water partition coefficient (Wildman–Crippen LogP) is 0.925. The zero-order valence-electron chi connectivity index (χ0n) is 8.93. The van der Waals surface area contributed by atoms with Crippen LogP contribution in [0.5, 0.6) is 0 Å². The lowest BCUT2D eigenvalue weighted by Gasteiger charge is -2.06. The highest BCUT2D eigenvalue weighted by Crippen LogP contribution is 2.07. The number of carbonyl (C=O) groups is 2. The SMILES string of the molecule is C#CCCNC(=O)Nc1cncc(C(=O)O)c1. The Morgan fingerprint density at radius 2 is 2.24 bits per heavy atom. The van der Waals surface area contributed by atoms with Crippen molar-refractivity contribution >= 4 is 17.7 Å². The molecule has 0 radical (unpaired) electrons. The van der Waals surface area contributed by atoms with Gasteiger partial charge in [0.15, 0.2) is 0 Å². The molecule has 0 aliphatic rings. The van der Waals surface area contributed by atoms with Gasteiger partial charge in [-0.15, -0.1) is 12.3 Å². The number of aromatic nitrogens is 1. The molecule has 0 aromatic carbocycles. The van der Waals surface area contributed by atoms with Crippen LogP contribution in [-0.2, 0) is 0 Å². The third-order valence-corrected chi connectivity index (χ3v) is 1.80. The summed E-state index contributed by atoms with van der Waals surface area (Å²) in [5, 5.41) is 13.7. The first kappa shape index (κ1) is 12.5. The largest absolute Gasteiger partial charge is 0.478 e. The maximum atomic E-state index is 11.3. The van der Waals surface area contributed by atoms with E-state index in [0.29, 0.717) is 18.7 Å². The Bertz CT molecular complexity index is 465. The maximum absolute atomic E-state index is 11.3. The van der Waals surface area contributed by atoms with Gasteiger partial charge in [-0.1, -0.05) is 0 Å². The van der Waals surface area contributed by atoms with Crippen LogP contribution >= 0.6 is 0 Å². The second kappa shape index (κ2) is 6.12. The van der Waals surface area contributed by atoms with E-state index in [4.69, 9.17) is 11.5 Å². The Kier molecular flexibility index (Phi) is 4.51. The van der Waals surface area contributed by atoms with Gasteiger partial charge in [-0.05, 0) is 6.07 Å². The Balaban J connectivity index is 2.57. The zero-order valence-corrected chi connectivity index (χ0v) is 8.93. The van der Waals surface area contributed by atoms with Crippen LogP contribution in [0.25, 0.3) is 0 Å². The van der Waals surface area contributed by atoms with Crippen LogP contribution in [0.1, 0.15) is 16.8 Å². The molecule has 0 aliphatic heterocycles. The molecule has 0 aliphatic carbocycles. The normalized spacial score (nSPS) is 9.12. The number of terminal acetylenes is 1. The minimum Gasteiger partial charge on any atom is -0.478 e. The van der Waals surface area contributed by atoms with Crippen molar-refractivity contribution in [3.63, 3.8) is 0 Å². The van der Waals surface area contributed by atoms with Crippen molar-refractivity contribution in [3.8, 4) is 12.3 Å². The second-order valence-corrected chi connectivity index (χ2v) is 3.10. The summed E-state index contributed by atoms with van der Waals surface area (Å²) in [6, 6.07) is 0.861. The van der Waals surface area contributed by atoms with Crippen molar-refractivity contribution in [1.82, 2.24) is 10.3 Å². The summed E-state index contributed by atoms with van der Waals surface area (Å²) in [7, 11) is 0. The van der Waals surface area contributed by atoms with Gasteiger partial charge in [0, 0.05) is 19.2 Å². The molecule has 1 aromatic heterocycles. The number of nitrogens with one attached hydrogen (secondary N) is 2. The smallest absolute Gasteiger partial charge is 0.337 e. The highest BCUT2D eigenvalue weighted by atomic mass is 16.4. The first-order valence-electron chi connectivity index (χ1n) is 4.80. The first-order valence-corrected chi connectivity index (χ1v) is 4.80. The highest BCUT2D eigenvalue weighted by molar-refractivity contribution is 5.92. The summed E-state index contributed by atoms with van der Waals surface area (Å²) in [6.07, 6.45) is 8.01. The topological polar surface area (TPSA) is 91.3 Å². The summed E-state index contributed by atoms with van der Waals surface area (Å²) < 4.78 is 0. The lowest BCUT2D eigenvalue weighted by molar-refractivity contribution is 0.0696. The van der Waals surface area contributed by atoms with E-state index in [9.17, 15) is 9.59 Å². The van der Waals surface area contributed by atoms with E-state index in [-0.39, 0.29) is 5.56 Å². The van der Waals surface area contributed by atoms with E-state index in [2.05, 4.69) is 21.5 Å². The van der Waals surface area contributed by atoms with Crippen LogP contribution in [0.2, 0.25) is 0 Å². The fraction of sp³-hybridized carbons (Fsp3) is 0.182. The molecule has 0 spiro atoms. The van der Waals surface area contributed by atoms with Crippen molar-refractivity contribution in [1.29, 1.82) is 0 Å². The third kappa shape index (κ3) is 4.22. The van der Waals surface area contributed by atoms with E-state index in [0.717, 1.165) is 0 Å². The Labute approximate surface area is 98.1 Å². The van der Waals surface area contributed by atoms with Gasteiger partial charge in [0.2, 0.25) is 0 Å². The van der Waals surface area contributed by atoms with E-state index in [1.807, 2.05) is 0 Å². The highest BCUT2D eigenvalue weighted by Gasteiger charge is 2.06. The molecule has 0 fully saturated rings. The lowest BCUT2D eigenvalue weighted by Crippen LogP contribution is -2.29. The molecule has 6 heteroatoms. The molecule has 0 atom stereocenters. The number of rotatable bonds is 4. The average Bonchev–Trinajstić information content (AvgIpc) is 2.29. The summed E-state index contributed by atoms with van der Waals surface area (Å²) in [5.74, 6) is 1.28. The number of carboxylic acids is 1. The van der Waals surface area contributed by atoms with Gasteiger partial charge < -0.3 is 15.7 Å². The molecule has 0 saturated heterocycles. The van der Waals surface area contributed by atoms with Gasteiger partial charge in [-0.25, -0.2) is 9.59 Å². The van der Waals surface area contributed by atoms with E-state index in [1.165, 1.54) is 18.5 Å². The molecule has 0 saturated carbocycles. The van der Waals surface area contributed by atoms with E-state index < -0.39 is 12.0 Å². The number of carboxylic acid groups (broad SMARTS) is 1. The molecule has 3 N–H and O–H groups in total. The molecule has 0 bridgehead atoms. The summed E-state index contributed by atoms with van der Waals surface area (Å²) in [4.78, 5) is 25.7. The number of pyridine rings is 1. The Hall–Kier alpha value is -2.55. The number of urea groups is 1. The van der Waals surface area contributed by atoms with Gasteiger partial charge in [0.05, 0.1) is 17.4 Å². The molecule has 17 heavy (non-hydrogen) atoms. The van der Waals surface area contributed by atoms with Crippen LogP contribution in [-0.4, -0.2) is 28.6 Å². The number of anilines is 1. The quantitative estimate of drug-likeness (QED) is 0.532. The number of nitrogens with zero attached hydrogens (tertiary/aromatic N) is 1. The van der Waals surface area contributed by atoms with E-state index in [1.54, 1.807) is 0 Å². The summed E-state index contributed by atoms with van der Waals surface area (Å²) in [6.45, 7) is 0.356. The van der Waals surface area contributed by atoms with Gasteiger partial charge in [0.1, 0.15) is 0 Å². The summed E-state index contributed by atoms with van der Waals surface area (Å²) in [5.41, 5.74) is 0.314. The summed E-state index contributed by atoms with van der Waals surface area (Å²) >= 11 is 0. The Morgan fingerprint density at radius 3 is 2.88 bits per heavy atom. The molecular formula is C11H11N3O3. The van der Waals surface area contributed by atoms with Crippen LogP contribution in [0, 0.1) is 12.3 Å². The van der Waals surface area contributed by atoms with E-state index >= 15 is 0 Å².